The van der Waals surface area contributed by atoms with E-state index in [1.165, 1.54) is 0 Å². The molecular weight excluding hydrogens is 202 g/mol. The van der Waals surface area contributed by atoms with E-state index in [1.807, 2.05) is 18.2 Å². The molecule has 0 aromatic carbocycles. The van der Waals surface area contributed by atoms with E-state index in [2.05, 4.69) is 9.88 Å². The van der Waals surface area contributed by atoms with Crippen LogP contribution < -0.4 is 5.73 Å². The third-order valence-electron chi connectivity index (χ3n) is 3.19. The highest BCUT2D eigenvalue weighted by Crippen LogP contribution is 2.22. The molecule has 1 fully saturated rings. The molecule has 0 radical (unpaired) electrons. The number of nitrogens with zero attached hydrogens (tertiary/aromatic N) is 2. The highest BCUT2D eigenvalue weighted by Gasteiger charge is 2.24. The summed E-state index contributed by atoms with van der Waals surface area (Å²) in [6, 6.07) is 6.11. The van der Waals surface area contributed by atoms with Gasteiger partial charge in [-0.1, -0.05) is 6.07 Å². The summed E-state index contributed by atoms with van der Waals surface area (Å²) < 4.78 is 0. The Morgan fingerprint density at radius 2 is 2.19 bits per heavy atom. The van der Waals surface area contributed by atoms with Gasteiger partial charge in [-0.3, -0.25) is 9.88 Å². The van der Waals surface area contributed by atoms with E-state index in [0.717, 1.165) is 31.6 Å². The zero-order valence-corrected chi connectivity index (χ0v) is 9.42. The Kier molecular flexibility index (Phi) is 3.88. The first-order valence-corrected chi connectivity index (χ1v) is 5.84. The van der Waals surface area contributed by atoms with Crippen molar-refractivity contribution in [1.82, 2.24) is 9.88 Å². The third kappa shape index (κ3) is 2.58. The quantitative estimate of drug-likeness (QED) is 0.782. The first kappa shape index (κ1) is 11.5. The lowest BCUT2D eigenvalue weighted by Crippen LogP contribution is -2.41. The maximum absolute atomic E-state index is 9.48. The number of nitrogens with two attached hydrogens (primary N) is 1. The molecule has 16 heavy (non-hydrogen) atoms. The highest BCUT2D eigenvalue weighted by molar-refractivity contribution is 5.09. The molecule has 0 spiro atoms. The van der Waals surface area contributed by atoms with Crippen LogP contribution in [-0.4, -0.2) is 40.7 Å². The zero-order chi connectivity index (χ0) is 11.4. The second kappa shape index (κ2) is 5.39. The molecule has 1 saturated heterocycles. The van der Waals surface area contributed by atoms with E-state index < -0.39 is 0 Å². The Morgan fingerprint density at radius 1 is 1.44 bits per heavy atom. The standard InChI is InChI=1S/C12H19N3O/c13-9-12(11-3-1-2-6-14-11)15-7-4-10(16)5-8-15/h1-3,6,10,12,16H,4-5,7-9,13H2. The van der Waals surface area contributed by atoms with Gasteiger partial charge in [-0.05, 0) is 25.0 Å². The molecule has 2 rings (SSSR count). The average Bonchev–Trinajstić information content (AvgIpc) is 2.34. The van der Waals surface area contributed by atoms with Gasteiger partial charge >= 0.3 is 0 Å². The molecule has 1 unspecified atom stereocenters. The summed E-state index contributed by atoms with van der Waals surface area (Å²) in [6.45, 7) is 2.38. The highest BCUT2D eigenvalue weighted by atomic mass is 16.3. The first-order valence-electron chi connectivity index (χ1n) is 5.84. The van der Waals surface area contributed by atoms with Gasteiger partial charge in [-0.25, -0.2) is 0 Å². The number of hydrogen-bond donors (Lipinski definition) is 2. The minimum Gasteiger partial charge on any atom is -0.393 e. The molecule has 1 aliphatic rings. The molecule has 4 heteroatoms. The molecular formula is C12H19N3O. The lowest BCUT2D eigenvalue weighted by atomic mass is 10.0. The van der Waals surface area contributed by atoms with Crippen LogP contribution in [0.1, 0.15) is 24.6 Å². The maximum Gasteiger partial charge on any atom is 0.0644 e. The monoisotopic (exact) mass is 221 g/mol. The van der Waals surface area contributed by atoms with Crippen molar-refractivity contribution in [2.75, 3.05) is 19.6 Å². The van der Waals surface area contributed by atoms with Crippen LogP contribution in [-0.2, 0) is 0 Å². The molecule has 3 N–H and O–H groups in total. The van der Waals surface area contributed by atoms with Crippen LogP contribution in [0.15, 0.2) is 24.4 Å². The summed E-state index contributed by atoms with van der Waals surface area (Å²) >= 11 is 0. The normalized spacial score (nSPS) is 20.9. The average molecular weight is 221 g/mol. The fourth-order valence-corrected chi connectivity index (χ4v) is 2.23. The summed E-state index contributed by atoms with van der Waals surface area (Å²) in [5.41, 5.74) is 6.86. The Bertz CT molecular complexity index is 309. The smallest absolute Gasteiger partial charge is 0.0644 e. The van der Waals surface area contributed by atoms with Crippen LogP contribution in [0.2, 0.25) is 0 Å². The maximum atomic E-state index is 9.48. The van der Waals surface area contributed by atoms with E-state index in [9.17, 15) is 5.11 Å². The van der Waals surface area contributed by atoms with Crippen LogP contribution in [0.3, 0.4) is 0 Å². The van der Waals surface area contributed by atoms with Crippen molar-refractivity contribution in [3.63, 3.8) is 0 Å². The topological polar surface area (TPSA) is 62.4 Å². The van der Waals surface area contributed by atoms with E-state index in [0.29, 0.717) is 6.54 Å². The number of aromatic nitrogens is 1. The molecule has 2 heterocycles. The van der Waals surface area contributed by atoms with Crippen LogP contribution in [0.5, 0.6) is 0 Å². The van der Waals surface area contributed by atoms with Crippen LogP contribution in [0, 0.1) is 0 Å². The van der Waals surface area contributed by atoms with E-state index in [4.69, 9.17) is 5.73 Å². The molecule has 1 aliphatic heterocycles. The summed E-state index contributed by atoms with van der Waals surface area (Å²) in [7, 11) is 0. The van der Waals surface area contributed by atoms with E-state index in [1.54, 1.807) is 6.20 Å². The van der Waals surface area contributed by atoms with Gasteiger partial charge in [0, 0.05) is 25.8 Å². The van der Waals surface area contributed by atoms with Gasteiger partial charge < -0.3 is 10.8 Å². The van der Waals surface area contributed by atoms with Crippen molar-refractivity contribution in [1.29, 1.82) is 0 Å². The van der Waals surface area contributed by atoms with Crippen molar-refractivity contribution in [3.8, 4) is 0 Å². The Morgan fingerprint density at radius 3 is 2.75 bits per heavy atom. The van der Waals surface area contributed by atoms with Crippen molar-refractivity contribution >= 4 is 0 Å². The number of rotatable bonds is 3. The number of pyridine rings is 1. The van der Waals surface area contributed by atoms with Crippen molar-refractivity contribution < 1.29 is 5.11 Å². The molecule has 4 nitrogen and oxygen atoms in total. The number of piperidine rings is 1. The summed E-state index contributed by atoms with van der Waals surface area (Å²) in [6.07, 6.45) is 3.34. The van der Waals surface area contributed by atoms with Gasteiger partial charge in [0.05, 0.1) is 17.8 Å². The molecule has 1 aromatic heterocycles. The molecule has 1 aromatic rings. The largest absolute Gasteiger partial charge is 0.393 e. The first-order chi connectivity index (χ1) is 7.81. The van der Waals surface area contributed by atoms with Gasteiger partial charge in [0.2, 0.25) is 0 Å². The van der Waals surface area contributed by atoms with E-state index in [-0.39, 0.29) is 12.1 Å². The fourth-order valence-electron chi connectivity index (χ4n) is 2.23. The molecule has 1 atom stereocenters. The Balaban J connectivity index is 2.05. The summed E-state index contributed by atoms with van der Waals surface area (Å²) in [5, 5.41) is 9.48. The van der Waals surface area contributed by atoms with Crippen LogP contribution in [0.25, 0.3) is 0 Å². The SMILES string of the molecule is NCC(c1ccccn1)N1CCC(O)CC1. The van der Waals surface area contributed by atoms with Crippen molar-refractivity contribution in [2.24, 2.45) is 5.73 Å². The molecule has 0 aliphatic carbocycles. The molecule has 0 bridgehead atoms. The van der Waals surface area contributed by atoms with Gasteiger partial charge in [-0.2, -0.15) is 0 Å². The van der Waals surface area contributed by atoms with Crippen LogP contribution in [0.4, 0.5) is 0 Å². The van der Waals surface area contributed by atoms with Crippen LogP contribution >= 0.6 is 0 Å². The van der Waals surface area contributed by atoms with Crippen molar-refractivity contribution in [3.05, 3.63) is 30.1 Å². The number of likely N-dealkylation sites (tertiary alicyclic amines) is 1. The molecule has 0 amide bonds. The molecule has 0 saturated carbocycles. The summed E-state index contributed by atoms with van der Waals surface area (Å²) in [4.78, 5) is 6.67. The number of hydrogen-bond acceptors (Lipinski definition) is 4. The zero-order valence-electron chi connectivity index (χ0n) is 9.42. The minimum absolute atomic E-state index is 0.140. The second-order valence-corrected chi connectivity index (χ2v) is 4.27. The number of aliphatic hydroxyl groups excluding tert-OH is 1. The Labute approximate surface area is 96.1 Å². The fraction of sp³-hybridized carbons (Fsp3) is 0.583. The van der Waals surface area contributed by atoms with Gasteiger partial charge in [0.25, 0.3) is 0 Å². The molecule has 88 valence electrons. The number of aliphatic hydroxyl groups is 1. The van der Waals surface area contributed by atoms with Gasteiger partial charge in [0.15, 0.2) is 0 Å². The van der Waals surface area contributed by atoms with Gasteiger partial charge in [0.1, 0.15) is 0 Å². The summed E-state index contributed by atoms with van der Waals surface area (Å²) in [5.74, 6) is 0. The lowest BCUT2D eigenvalue weighted by Gasteiger charge is -2.35. The predicted molar refractivity (Wildman–Crippen MR) is 62.8 cm³/mol. The van der Waals surface area contributed by atoms with Crippen molar-refractivity contribution in [2.45, 2.75) is 25.0 Å². The van der Waals surface area contributed by atoms with Gasteiger partial charge in [-0.15, -0.1) is 0 Å². The predicted octanol–water partition coefficient (Wildman–Crippen LogP) is 0.538. The van der Waals surface area contributed by atoms with E-state index >= 15 is 0 Å². The lowest BCUT2D eigenvalue weighted by molar-refractivity contribution is 0.0612. The third-order valence-corrected chi connectivity index (χ3v) is 3.19. The Hall–Kier alpha value is -0.970. The second-order valence-electron chi connectivity index (χ2n) is 4.27. The minimum atomic E-state index is -0.140.